The van der Waals surface area contributed by atoms with Crippen molar-refractivity contribution in [3.8, 4) is 5.75 Å². The van der Waals surface area contributed by atoms with Crippen molar-refractivity contribution in [2.24, 2.45) is 0 Å². The van der Waals surface area contributed by atoms with E-state index >= 15 is 0 Å². The smallest absolute Gasteiger partial charge is 0.152 e. The molecule has 1 heterocycles. The van der Waals surface area contributed by atoms with E-state index in [0.717, 1.165) is 31.5 Å². The van der Waals surface area contributed by atoms with Crippen molar-refractivity contribution in [3.63, 3.8) is 0 Å². The van der Waals surface area contributed by atoms with Gasteiger partial charge in [0.1, 0.15) is 5.75 Å². The molecule has 1 aromatic carbocycles. The summed E-state index contributed by atoms with van der Waals surface area (Å²) in [6.07, 6.45) is 1.74. The van der Waals surface area contributed by atoms with Gasteiger partial charge in [-0.25, -0.2) is 4.98 Å². The number of benzene rings is 1. The highest BCUT2D eigenvalue weighted by Gasteiger charge is 2.08. The maximum atomic E-state index is 6.06. The van der Waals surface area contributed by atoms with E-state index in [2.05, 4.69) is 42.2 Å². The van der Waals surface area contributed by atoms with Crippen LogP contribution in [0.25, 0.3) is 0 Å². The normalized spacial score (nSPS) is 10.4. The molecule has 2 rings (SSSR count). The summed E-state index contributed by atoms with van der Waals surface area (Å²) in [5.74, 6) is 0.781. The molecule has 0 amide bonds. The van der Waals surface area contributed by atoms with E-state index < -0.39 is 0 Å². The molecule has 0 aliphatic carbocycles. The average Bonchev–Trinajstić information content (AvgIpc) is 2.39. The first kappa shape index (κ1) is 15.6. The van der Waals surface area contributed by atoms with Gasteiger partial charge in [-0.05, 0) is 68.1 Å². The molecule has 0 spiro atoms. The van der Waals surface area contributed by atoms with Crippen LogP contribution >= 0.6 is 43.5 Å². The fourth-order valence-corrected chi connectivity index (χ4v) is 3.56. The molecule has 1 N–H and O–H groups in total. The lowest BCUT2D eigenvalue weighted by molar-refractivity contribution is 0.409. The maximum Gasteiger partial charge on any atom is 0.152 e. The molecule has 0 unspecified atom stereocenters. The molecule has 2 aromatic rings. The van der Waals surface area contributed by atoms with Crippen molar-refractivity contribution in [2.45, 2.75) is 13.5 Å². The van der Waals surface area contributed by atoms with Crippen molar-refractivity contribution in [1.82, 2.24) is 4.98 Å². The first-order valence-electron chi connectivity index (χ1n) is 5.89. The number of hydrogen-bond donors (Lipinski definition) is 1. The van der Waals surface area contributed by atoms with Crippen LogP contribution < -0.4 is 10.1 Å². The highest BCUT2D eigenvalue weighted by atomic mass is 79.9. The van der Waals surface area contributed by atoms with E-state index in [4.69, 9.17) is 16.3 Å². The molecule has 0 aliphatic heterocycles. The van der Waals surface area contributed by atoms with Crippen LogP contribution in [0, 0.1) is 6.92 Å². The second-order valence-electron chi connectivity index (χ2n) is 4.30. The van der Waals surface area contributed by atoms with E-state index in [0.29, 0.717) is 11.7 Å². The molecular weight excluding hydrogens is 407 g/mol. The van der Waals surface area contributed by atoms with Crippen molar-refractivity contribution in [1.29, 1.82) is 0 Å². The first-order valence-corrected chi connectivity index (χ1v) is 7.85. The van der Waals surface area contributed by atoms with Gasteiger partial charge < -0.3 is 10.1 Å². The molecule has 0 radical (unpaired) electrons. The van der Waals surface area contributed by atoms with Crippen LogP contribution in [-0.4, -0.2) is 12.1 Å². The molecule has 0 fully saturated rings. The Morgan fingerprint density at radius 1 is 1.25 bits per heavy atom. The Labute approximate surface area is 140 Å². The number of nitrogens with zero attached hydrogens (tertiary/aromatic N) is 1. The molecule has 0 bridgehead atoms. The molecule has 6 heteroatoms. The number of methoxy groups -OCH3 is 1. The minimum atomic E-state index is 0.474. The number of nitrogens with one attached hydrogen (secondary N) is 1. The van der Waals surface area contributed by atoms with Gasteiger partial charge in [0.25, 0.3) is 0 Å². The first-order chi connectivity index (χ1) is 9.51. The van der Waals surface area contributed by atoms with E-state index in [-0.39, 0.29) is 0 Å². The largest absolute Gasteiger partial charge is 0.494 e. The maximum absolute atomic E-state index is 6.06. The number of anilines is 1. The fourth-order valence-electron chi connectivity index (χ4n) is 1.78. The lowest BCUT2D eigenvalue weighted by Gasteiger charge is -2.12. The third kappa shape index (κ3) is 3.65. The average molecular weight is 421 g/mol. The van der Waals surface area contributed by atoms with Gasteiger partial charge in [0.2, 0.25) is 0 Å². The summed E-state index contributed by atoms with van der Waals surface area (Å²) in [7, 11) is 1.64. The summed E-state index contributed by atoms with van der Waals surface area (Å²) in [6, 6.07) is 5.99. The number of halogens is 3. The second-order valence-corrected chi connectivity index (χ2v) is 6.36. The van der Waals surface area contributed by atoms with Crippen LogP contribution in [0.4, 0.5) is 5.69 Å². The number of hydrogen-bond acceptors (Lipinski definition) is 3. The van der Waals surface area contributed by atoms with E-state index in [1.165, 1.54) is 0 Å². The summed E-state index contributed by atoms with van der Waals surface area (Å²) in [6.45, 7) is 2.63. The standard InChI is InChI=1S/C14H13Br2ClN2O/c1-8-3-12(14(17)19-6-8)18-7-9-4-10(15)13(20-2)11(16)5-9/h3-6,18H,7H2,1-2H3. The lowest BCUT2D eigenvalue weighted by atomic mass is 10.2. The Morgan fingerprint density at radius 3 is 2.50 bits per heavy atom. The predicted octanol–water partition coefficient (Wildman–Crippen LogP) is 5.19. The van der Waals surface area contributed by atoms with E-state index in [9.17, 15) is 0 Å². The van der Waals surface area contributed by atoms with Crippen LogP contribution in [0.15, 0.2) is 33.3 Å². The number of pyridine rings is 1. The van der Waals surface area contributed by atoms with Gasteiger partial charge in [0.15, 0.2) is 5.15 Å². The van der Waals surface area contributed by atoms with Gasteiger partial charge in [0.05, 0.1) is 21.7 Å². The minimum absolute atomic E-state index is 0.474. The van der Waals surface area contributed by atoms with Crippen LogP contribution in [0.3, 0.4) is 0 Å². The zero-order chi connectivity index (χ0) is 14.7. The highest BCUT2D eigenvalue weighted by Crippen LogP contribution is 2.34. The van der Waals surface area contributed by atoms with Gasteiger partial charge in [-0.15, -0.1) is 0 Å². The van der Waals surface area contributed by atoms with Gasteiger partial charge >= 0.3 is 0 Å². The molecule has 3 nitrogen and oxygen atoms in total. The van der Waals surface area contributed by atoms with Gasteiger partial charge in [-0.3, -0.25) is 0 Å². The Hall–Kier alpha value is -0.780. The van der Waals surface area contributed by atoms with Gasteiger partial charge in [-0.2, -0.15) is 0 Å². The van der Waals surface area contributed by atoms with Crippen molar-refractivity contribution >= 4 is 49.1 Å². The SMILES string of the molecule is COc1c(Br)cc(CNc2cc(C)cnc2Cl)cc1Br. The Balaban J connectivity index is 2.17. The molecule has 0 aliphatic rings. The van der Waals surface area contributed by atoms with Crippen molar-refractivity contribution < 1.29 is 4.74 Å². The molecule has 0 saturated heterocycles. The molecule has 0 saturated carbocycles. The third-order valence-corrected chi connectivity index (χ3v) is 4.20. The van der Waals surface area contributed by atoms with Crippen molar-refractivity contribution in [3.05, 3.63) is 49.6 Å². The highest BCUT2D eigenvalue weighted by molar-refractivity contribution is 9.11. The molecule has 0 atom stereocenters. The van der Waals surface area contributed by atoms with Gasteiger partial charge in [0, 0.05) is 12.7 Å². The fraction of sp³-hybridized carbons (Fsp3) is 0.214. The van der Waals surface area contributed by atoms with Crippen LogP contribution in [-0.2, 0) is 6.54 Å². The quantitative estimate of drug-likeness (QED) is 0.692. The van der Waals surface area contributed by atoms with Gasteiger partial charge in [-0.1, -0.05) is 11.6 Å². The predicted molar refractivity (Wildman–Crippen MR) is 89.7 cm³/mol. The number of ether oxygens (including phenoxy) is 1. The lowest BCUT2D eigenvalue weighted by Crippen LogP contribution is -2.02. The minimum Gasteiger partial charge on any atom is -0.494 e. The summed E-state index contributed by atoms with van der Waals surface area (Å²) >= 11 is 13.0. The number of rotatable bonds is 4. The van der Waals surface area contributed by atoms with Crippen LogP contribution in [0.1, 0.15) is 11.1 Å². The van der Waals surface area contributed by atoms with Crippen LogP contribution in [0.2, 0.25) is 5.15 Å². The Bertz CT molecular complexity index is 612. The second kappa shape index (κ2) is 6.78. The topological polar surface area (TPSA) is 34.1 Å². The molecule has 1 aromatic heterocycles. The summed E-state index contributed by atoms with van der Waals surface area (Å²) in [5, 5.41) is 3.76. The number of aryl methyl sites for hydroxylation is 1. The molecule has 106 valence electrons. The molecular formula is C14H13Br2ClN2O. The Morgan fingerprint density at radius 2 is 1.90 bits per heavy atom. The number of aromatic nitrogens is 1. The summed E-state index contributed by atoms with van der Waals surface area (Å²) in [4.78, 5) is 4.12. The summed E-state index contributed by atoms with van der Waals surface area (Å²) in [5.41, 5.74) is 2.99. The third-order valence-electron chi connectivity index (χ3n) is 2.72. The van der Waals surface area contributed by atoms with Crippen LogP contribution in [0.5, 0.6) is 5.75 Å². The van der Waals surface area contributed by atoms with Crippen molar-refractivity contribution in [2.75, 3.05) is 12.4 Å². The molecule has 20 heavy (non-hydrogen) atoms. The summed E-state index contributed by atoms with van der Waals surface area (Å²) < 4.78 is 7.09. The Kier molecular flexibility index (Phi) is 5.29. The zero-order valence-electron chi connectivity index (χ0n) is 11.0. The zero-order valence-corrected chi connectivity index (χ0v) is 14.9. The monoisotopic (exact) mass is 418 g/mol. The van der Waals surface area contributed by atoms with E-state index in [1.54, 1.807) is 13.3 Å². The van der Waals surface area contributed by atoms with E-state index in [1.807, 2.05) is 25.1 Å².